The first kappa shape index (κ1) is 13.4. The molecule has 2 N–H and O–H groups in total. The van der Waals surface area contributed by atoms with Crippen LogP contribution in [0.5, 0.6) is 0 Å². The molecule has 0 amide bonds. The van der Waals surface area contributed by atoms with Gasteiger partial charge in [0.1, 0.15) is 6.33 Å². The normalized spacial score (nSPS) is 16.7. The van der Waals surface area contributed by atoms with Crippen molar-refractivity contribution in [1.82, 2.24) is 25.1 Å². The number of aromatic nitrogens is 5. The van der Waals surface area contributed by atoms with Crippen LogP contribution in [-0.4, -0.2) is 36.9 Å². The van der Waals surface area contributed by atoms with Crippen molar-refractivity contribution in [2.45, 2.75) is 25.3 Å². The van der Waals surface area contributed by atoms with E-state index in [0.717, 1.165) is 46.9 Å². The number of nitrogens with one attached hydrogen (secondary N) is 2. The van der Waals surface area contributed by atoms with E-state index >= 15 is 0 Å². The summed E-state index contributed by atoms with van der Waals surface area (Å²) in [4.78, 5) is 17.8. The molecule has 0 radical (unpaired) electrons. The van der Waals surface area contributed by atoms with E-state index in [1.165, 1.54) is 6.33 Å². The van der Waals surface area contributed by atoms with Gasteiger partial charge in [0.25, 0.3) is 0 Å². The Labute approximate surface area is 138 Å². The largest absolute Gasteiger partial charge is 0.356 e. The van der Waals surface area contributed by atoms with Gasteiger partial charge in [-0.15, -0.1) is 0 Å². The van der Waals surface area contributed by atoms with Crippen LogP contribution in [-0.2, 0) is 0 Å². The first-order valence-corrected chi connectivity index (χ1v) is 7.90. The summed E-state index contributed by atoms with van der Waals surface area (Å²) in [5, 5.41) is 10.2. The molecule has 1 fully saturated rings. The van der Waals surface area contributed by atoms with Crippen molar-refractivity contribution in [3.63, 3.8) is 0 Å². The summed E-state index contributed by atoms with van der Waals surface area (Å²) in [6.45, 7) is 2.06. The average molecular weight is 317 g/mol. The predicted octanol–water partition coefficient (Wildman–Crippen LogP) is 2.90. The van der Waals surface area contributed by atoms with E-state index in [4.69, 9.17) is 4.98 Å². The van der Waals surface area contributed by atoms with Crippen LogP contribution in [0.2, 0.25) is 0 Å². The molecule has 2 aliphatic rings. The summed E-state index contributed by atoms with van der Waals surface area (Å²) in [5.74, 6) is 2.19. The number of hydrogen-bond acceptors (Lipinski definition) is 6. The molecule has 0 unspecified atom stereocenters. The number of anilines is 1. The lowest BCUT2D eigenvalue weighted by Gasteiger charge is -2.19. The van der Waals surface area contributed by atoms with E-state index in [1.54, 1.807) is 6.20 Å². The van der Waals surface area contributed by atoms with Crippen LogP contribution in [0.3, 0.4) is 0 Å². The number of benzene rings is 1. The van der Waals surface area contributed by atoms with E-state index in [2.05, 4.69) is 43.5 Å². The number of fused-ring (bicyclic) bond motifs is 1. The minimum atomic E-state index is 0.0193. The number of aromatic amines is 1. The molecule has 0 saturated heterocycles. The van der Waals surface area contributed by atoms with Gasteiger partial charge in [-0.25, -0.2) is 19.9 Å². The van der Waals surface area contributed by atoms with Crippen LogP contribution in [0.25, 0.3) is 22.6 Å². The second-order valence-electron chi connectivity index (χ2n) is 6.33. The van der Waals surface area contributed by atoms with Crippen molar-refractivity contribution < 1.29 is 0 Å². The van der Waals surface area contributed by atoms with Crippen molar-refractivity contribution in [2.24, 2.45) is 4.99 Å². The molecule has 3 heterocycles. The first-order chi connectivity index (χ1) is 11.7. The molecule has 1 aromatic carbocycles. The Hall–Kier alpha value is -3.09. The van der Waals surface area contributed by atoms with Crippen LogP contribution >= 0.6 is 0 Å². The summed E-state index contributed by atoms with van der Waals surface area (Å²) in [6, 6.07) is 6.13. The van der Waals surface area contributed by atoms with E-state index in [9.17, 15) is 0 Å². The van der Waals surface area contributed by atoms with Crippen molar-refractivity contribution in [3.05, 3.63) is 36.3 Å². The highest BCUT2D eigenvalue weighted by molar-refractivity contribution is 5.87. The van der Waals surface area contributed by atoms with E-state index in [1.807, 2.05) is 18.3 Å². The molecule has 118 valence electrons. The maximum Gasteiger partial charge on any atom is 0.195 e. The van der Waals surface area contributed by atoms with E-state index in [0.29, 0.717) is 5.82 Å². The van der Waals surface area contributed by atoms with Gasteiger partial charge in [0.05, 0.1) is 17.4 Å². The van der Waals surface area contributed by atoms with Crippen LogP contribution in [0.1, 0.15) is 18.4 Å². The fraction of sp³-hybridized carbons (Fsp3) is 0.235. The Bertz CT molecular complexity index is 955. The average Bonchev–Trinajstić information content (AvgIpc) is 3.12. The number of aryl methyl sites for hydroxylation is 1. The lowest BCUT2D eigenvalue weighted by atomic mass is 10.0. The number of nitrogens with zero attached hydrogens (tertiary/aromatic N) is 5. The Kier molecular flexibility index (Phi) is 2.62. The second-order valence-corrected chi connectivity index (χ2v) is 6.33. The number of hydrogen-bond donors (Lipinski definition) is 2. The smallest absolute Gasteiger partial charge is 0.195 e. The van der Waals surface area contributed by atoms with Gasteiger partial charge in [0.15, 0.2) is 17.5 Å². The van der Waals surface area contributed by atoms with Gasteiger partial charge >= 0.3 is 0 Å². The number of aliphatic imine (C=N–C) groups is 1. The Balaban J connectivity index is 1.54. The highest BCUT2D eigenvalue weighted by Gasteiger charge is 2.44. The summed E-state index contributed by atoms with van der Waals surface area (Å²) >= 11 is 0. The van der Waals surface area contributed by atoms with Gasteiger partial charge in [-0.1, -0.05) is 12.1 Å². The summed E-state index contributed by atoms with van der Waals surface area (Å²) in [5.41, 5.74) is 4.02. The van der Waals surface area contributed by atoms with Gasteiger partial charge < -0.3 is 5.32 Å². The first-order valence-electron chi connectivity index (χ1n) is 7.90. The molecule has 24 heavy (non-hydrogen) atoms. The molecule has 1 saturated carbocycles. The van der Waals surface area contributed by atoms with Gasteiger partial charge in [0.2, 0.25) is 0 Å². The third-order valence-electron chi connectivity index (χ3n) is 4.53. The molecule has 1 aliphatic carbocycles. The topological polar surface area (TPSA) is 91.7 Å². The minimum absolute atomic E-state index is 0.0193. The molecule has 5 rings (SSSR count). The highest BCUT2D eigenvalue weighted by atomic mass is 15.2. The van der Waals surface area contributed by atoms with Gasteiger partial charge in [-0.05, 0) is 31.4 Å². The van der Waals surface area contributed by atoms with Crippen LogP contribution in [0, 0.1) is 6.92 Å². The highest BCUT2D eigenvalue weighted by Crippen LogP contribution is 2.42. The molecule has 0 atom stereocenters. The minimum Gasteiger partial charge on any atom is -0.356 e. The quantitative estimate of drug-likeness (QED) is 0.758. The lowest BCUT2D eigenvalue weighted by Crippen LogP contribution is -2.26. The third kappa shape index (κ3) is 2.09. The third-order valence-corrected chi connectivity index (χ3v) is 4.53. The zero-order valence-corrected chi connectivity index (χ0v) is 13.1. The van der Waals surface area contributed by atoms with E-state index < -0.39 is 0 Å². The summed E-state index contributed by atoms with van der Waals surface area (Å²) in [7, 11) is 0. The second kappa shape index (κ2) is 4.70. The molecule has 1 aliphatic heterocycles. The molecular weight excluding hydrogens is 302 g/mol. The van der Waals surface area contributed by atoms with Crippen LogP contribution in [0.4, 0.5) is 11.6 Å². The molecule has 7 nitrogen and oxygen atoms in total. The zero-order valence-electron chi connectivity index (χ0n) is 13.1. The SMILES string of the molecule is Cc1cc(-c2ncn[nH]2)ccc1-c1cnc2c(n1)NC1(C=N2)CC1. The number of rotatable bonds is 2. The molecule has 3 aromatic rings. The molecule has 1 spiro atoms. The van der Waals surface area contributed by atoms with Crippen molar-refractivity contribution >= 4 is 17.9 Å². The fourth-order valence-electron chi connectivity index (χ4n) is 2.98. The lowest BCUT2D eigenvalue weighted by molar-refractivity contribution is 0.957. The van der Waals surface area contributed by atoms with Gasteiger partial charge in [0, 0.05) is 17.3 Å². The maximum atomic E-state index is 4.75. The van der Waals surface area contributed by atoms with Gasteiger partial charge in [-0.2, -0.15) is 5.10 Å². The zero-order chi connectivity index (χ0) is 16.1. The van der Waals surface area contributed by atoms with Crippen molar-refractivity contribution in [1.29, 1.82) is 0 Å². The molecular formula is C17H15N7. The van der Waals surface area contributed by atoms with Crippen molar-refractivity contribution in [3.8, 4) is 22.6 Å². The monoisotopic (exact) mass is 317 g/mol. The Morgan fingerprint density at radius 1 is 1.17 bits per heavy atom. The summed E-state index contributed by atoms with van der Waals surface area (Å²) in [6.07, 6.45) is 7.45. The number of H-pyrrole nitrogens is 1. The van der Waals surface area contributed by atoms with Crippen molar-refractivity contribution in [2.75, 3.05) is 5.32 Å². The Morgan fingerprint density at radius 3 is 2.83 bits per heavy atom. The molecule has 7 heteroatoms. The predicted molar refractivity (Wildman–Crippen MR) is 91.3 cm³/mol. The summed E-state index contributed by atoms with van der Waals surface area (Å²) < 4.78 is 0. The molecule has 2 aromatic heterocycles. The standard InChI is InChI=1S/C17H15N7/c1-10-6-11(14-20-9-21-24-14)2-3-12(10)13-7-18-15-16(22-13)23-17(4-5-17)8-19-15/h2-3,6-9H,4-5H2,1H3,(H,22,23)(H,20,21,24). The Morgan fingerprint density at radius 2 is 2.08 bits per heavy atom. The van der Waals surface area contributed by atoms with Crippen LogP contribution < -0.4 is 5.32 Å². The van der Waals surface area contributed by atoms with Crippen LogP contribution in [0.15, 0.2) is 35.7 Å². The van der Waals surface area contributed by atoms with Gasteiger partial charge in [-0.3, -0.25) is 5.10 Å². The van der Waals surface area contributed by atoms with E-state index in [-0.39, 0.29) is 5.54 Å². The maximum absolute atomic E-state index is 4.75. The fourth-order valence-corrected chi connectivity index (χ4v) is 2.98. The molecule has 0 bridgehead atoms.